The van der Waals surface area contributed by atoms with Crippen LogP contribution in [0.5, 0.6) is 0 Å². The Morgan fingerprint density at radius 3 is 2.57 bits per heavy atom. The molecule has 1 aromatic carbocycles. The molecule has 0 bridgehead atoms. The van der Waals surface area contributed by atoms with Crippen molar-refractivity contribution in [1.82, 2.24) is 15.0 Å². The molecule has 1 aliphatic heterocycles. The Kier molecular flexibility index (Phi) is 7.96. The van der Waals surface area contributed by atoms with Gasteiger partial charge in [0.1, 0.15) is 11.0 Å². The first-order chi connectivity index (χ1) is 17.1. The summed E-state index contributed by atoms with van der Waals surface area (Å²) in [7, 11) is 0. The Morgan fingerprint density at radius 2 is 1.83 bits per heavy atom. The summed E-state index contributed by atoms with van der Waals surface area (Å²) < 4.78 is 12.0. The summed E-state index contributed by atoms with van der Waals surface area (Å²) >= 11 is 6.39. The van der Waals surface area contributed by atoms with Crippen LogP contribution in [0, 0.1) is 18.8 Å². The highest BCUT2D eigenvalue weighted by Crippen LogP contribution is 2.35. The summed E-state index contributed by atoms with van der Waals surface area (Å²) in [6.45, 7) is 5.33. The number of nitrogens with zero attached hydrogens (tertiary/aromatic N) is 3. The monoisotopic (exact) mass is 493 g/mol. The Hall–Kier alpha value is -2.08. The Bertz CT molecular complexity index is 1120. The molecule has 5 nitrogen and oxygen atoms in total. The molecule has 3 heterocycles. The Labute approximate surface area is 213 Å². The number of aryl methyl sites for hydroxylation is 2. The number of aromatic nitrogens is 3. The van der Waals surface area contributed by atoms with Crippen molar-refractivity contribution >= 4 is 22.5 Å². The van der Waals surface area contributed by atoms with E-state index in [4.69, 9.17) is 26.1 Å². The molecular formula is C29H36ClN3O2. The van der Waals surface area contributed by atoms with Gasteiger partial charge in [0.25, 0.3) is 0 Å². The molecule has 0 amide bonds. The minimum Gasteiger partial charge on any atom is -0.353 e. The van der Waals surface area contributed by atoms with Crippen LogP contribution < -0.4 is 0 Å². The summed E-state index contributed by atoms with van der Waals surface area (Å²) in [5.41, 5.74) is 4.21. The van der Waals surface area contributed by atoms with Gasteiger partial charge in [-0.1, -0.05) is 48.4 Å². The van der Waals surface area contributed by atoms with Gasteiger partial charge in [-0.3, -0.25) is 0 Å². The van der Waals surface area contributed by atoms with E-state index < -0.39 is 0 Å². The van der Waals surface area contributed by atoms with E-state index in [1.54, 1.807) is 0 Å². The average molecular weight is 494 g/mol. The molecule has 0 N–H and O–H groups in total. The minimum atomic E-state index is 0.0290. The number of halogens is 1. The van der Waals surface area contributed by atoms with E-state index in [1.165, 1.54) is 31.2 Å². The zero-order valence-corrected chi connectivity index (χ0v) is 21.6. The fourth-order valence-corrected chi connectivity index (χ4v) is 5.70. The van der Waals surface area contributed by atoms with Gasteiger partial charge in [0.05, 0.1) is 17.0 Å². The molecule has 3 aromatic rings. The van der Waals surface area contributed by atoms with Crippen molar-refractivity contribution in [3.63, 3.8) is 0 Å². The molecule has 1 saturated carbocycles. The fraction of sp³-hybridized carbons (Fsp3) is 0.552. The summed E-state index contributed by atoms with van der Waals surface area (Å²) in [6.07, 6.45) is 14.2. The summed E-state index contributed by atoms with van der Waals surface area (Å²) in [6, 6.07) is 8.46. The molecule has 0 radical (unpaired) electrons. The summed E-state index contributed by atoms with van der Waals surface area (Å²) in [5.74, 6) is 2.26. The highest BCUT2D eigenvalue weighted by atomic mass is 35.5. The van der Waals surface area contributed by atoms with Crippen LogP contribution in [0.25, 0.3) is 22.0 Å². The van der Waals surface area contributed by atoms with Gasteiger partial charge < -0.3 is 9.47 Å². The van der Waals surface area contributed by atoms with Gasteiger partial charge >= 0.3 is 0 Å². The van der Waals surface area contributed by atoms with Crippen molar-refractivity contribution in [1.29, 1.82) is 0 Å². The molecule has 186 valence electrons. The third kappa shape index (κ3) is 6.02. The van der Waals surface area contributed by atoms with Crippen molar-refractivity contribution < 1.29 is 9.47 Å². The molecule has 2 aromatic heterocycles. The largest absolute Gasteiger partial charge is 0.353 e. The van der Waals surface area contributed by atoms with Crippen LogP contribution >= 0.6 is 11.6 Å². The average Bonchev–Trinajstić information content (AvgIpc) is 2.89. The van der Waals surface area contributed by atoms with Crippen LogP contribution in [0.2, 0.25) is 5.15 Å². The second kappa shape index (κ2) is 11.3. The second-order valence-electron chi connectivity index (χ2n) is 10.4. The first-order valence-corrected chi connectivity index (χ1v) is 13.6. The third-order valence-electron chi connectivity index (χ3n) is 7.81. The quantitative estimate of drug-likeness (QED) is 0.322. The third-order valence-corrected chi connectivity index (χ3v) is 8.12. The number of rotatable bonds is 7. The van der Waals surface area contributed by atoms with Gasteiger partial charge in [-0.05, 0) is 75.7 Å². The molecule has 5 rings (SSSR count). The fourth-order valence-electron chi connectivity index (χ4n) is 5.51. The SMILES string of the molecule is Cc1ccc(-c2cnc(Cl)c3cnc(CC[C@@H](C)C4CCC(OC5CCCCO5)CC4)nc23)cc1. The van der Waals surface area contributed by atoms with E-state index in [0.717, 1.165) is 72.5 Å². The van der Waals surface area contributed by atoms with Gasteiger partial charge in [-0.15, -0.1) is 0 Å². The van der Waals surface area contributed by atoms with E-state index in [9.17, 15) is 0 Å². The smallest absolute Gasteiger partial charge is 0.157 e. The maximum atomic E-state index is 6.39. The highest BCUT2D eigenvalue weighted by molar-refractivity contribution is 6.34. The van der Waals surface area contributed by atoms with Crippen LogP contribution in [0.15, 0.2) is 36.7 Å². The van der Waals surface area contributed by atoms with E-state index in [-0.39, 0.29) is 6.29 Å². The zero-order chi connectivity index (χ0) is 24.2. The molecule has 1 unspecified atom stereocenters. The van der Waals surface area contributed by atoms with Crippen molar-refractivity contribution in [2.45, 2.75) is 84.0 Å². The lowest BCUT2D eigenvalue weighted by atomic mass is 9.78. The standard InChI is InChI=1S/C29H36ClN3O2/c1-19-6-9-22(10-7-19)24-17-32-29(30)25-18-31-26(33-28(24)25)15-8-20(2)21-11-13-23(14-12-21)35-27-5-3-4-16-34-27/h6-7,9-10,17-18,20-21,23,27H,3-5,8,11-16H2,1-2H3/t20-,21?,23?,27?/m1/s1. The Balaban J connectivity index is 1.20. The summed E-state index contributed by atoms with van der Waals surface area (Å²) in [5, 5.41) is 1.26. The minimum absolute atomic E-state index is 0.0290. The zero-order valence-electron chi connectivity index (χ0n) is 20.9. The van der Waals surface area contributed by atoms with Gasteiger partial charge in [-0.2, -0.15) is 0 Å². The molecule has 2 atom stereocenters. The van der Waals surface area contributed by atoms with Crippen molar-refractivity contribution in [2.75, 3.05) is 6.61 Å². The second-order valence-corrected chi connectivity index (χ2v) is 10.7. The van der Waals surface area contributed by atoms with Gasteiger partial charge in [0, 0.05) is 31.0 Å². The van der Waals surface area contributed by atoms with Crippen LogP contribution in [-0.4, -0.2) is 34.0 Å². The lowest BCUT2D eigenvalue weighted by molar-refractivity contribution is -0.195. The van der Waals surface area contributed by atoms with Crippen molar-refractivity contribution in [2.24, 2.45) is 11.8 Å². The van der Waals surface area contributed by atoms with Crippen LogP contribution in [0.4, 0.5) is 0 Å². The molecule has 35 heavy (non-hydrogen) atoms. The number of hydrogen-bond donors (Lipinski definition) is 0. The molecule has 2 fully saturated rings. The topological polar surface area (TPSA) is 57.1 Å². The normalized spacial score (nSPS) is 23.9. The highest BCUT2D eigenvalue weighted by Gasteiger charge is 2.28. The molecule has 2 aliphatic rings. The van der Waals surface area contributed by atoms with Gasteiger partial charge in [-0.25, -0.2) is 15.0 Å². The lowest BCUT2D eigenvalue weighted by Gasteiger charge is -2.35. The number of hydrogen-bond acceptors (Lipinski definition) is 5. The lowest BCUT2D eigenvalue weighted by Crippen LogP contribution is -2.31. The maximum Gasteiger partial charge on any atom is 0.157 e. The number of pyridine rings is 1. The van der Waals surface area contributed by atoms with E-state index in [1.807, 2.05) is 12.4 Å². The van der Waals surface area contributed by atoms with Crippen molar-refractivity contribution in [3.05, 3.63) is 53.2 Å². The van der Waals surface area contributed by atoms with Crippen LogP contribution in [-0.2, 0) is 15.9 Å². The van der Waals surface area contributed by atoms with Crippen LogP contribution in [0.3, 0.4) is 0 Å². The van der Waals surface area contributed by atoms with Crippen LogP contribution in [0.1, 0.15) is 69.7 Å². The molecule has 6 heteroatoms. The van der Waals surface area contributed by atoms with Crippen molar-refractivity contribution in [3.8, 4) is 11.1 Å². The van der Waals surface area contributed by atoms with E-state index >= 15 is 0 Å². The number of benzene rings is 1. The van der Waals surface area contributed by atoms with Gasteiger partial charge in [0.15, 0.2) is 6.29 Å². The predicted molar refractivity (Wildman–Crippen MR) is 140 cm³/mol. The van der Waals surface area contributed by atoms with E-state index in [2.05, 4.69) is 48.1 Å². The first-order valence-electron chi connectivity index (χ1n) is 13.2. The number of fused-ring (bicyclic) bond motifs is 1. The van der Waals surface area contributed by atoms with E-state index in [0.29, 0.717) is 17.2 Å². The first kappa shape index (κ1) is 24.6. The summed E-state index contributed by atoms with van der Waals surface area (Å²) in [4.78, 5) is 14.0. The number of ether oxygens (including phenoxy) is 2. The molecular weight excluding hydrogens is 458 g/mol. The predicted octanol–water partition coefficient (Wildman–Crippen LogP) is 7.32. The molecule has 0 spiro atoms. The van der Waals surface area contributed by atoms with Gasteiger partial charge in [0.2, 0.25) is 0 Å². The molecule has 1 saturated heterocycles. The Morgan fingerprint density at radius 1 is 1.03 bits per heavy atom. The molecule has 1 aliphatic carbocycles. The maximum absolute atomic E-state index is 6.39.